The van der Waals surface area contributed by atoms with Gasteiger partial charge in [-0.05, 0) is 54.4 Å². The van der Waals surface area contributed by atoms with Crippen LogP contribution in [0.5, 0.6) is 5.75 Å². The van der Waals surface area contributed by atoms with E-state index in [-0.39, 0.29) is 10.9 Å². The molecule has 0 fully saturated rings. The first-order valence-corrected chi connectivity index (χ1v) is 9.72. The summed E-state index contributed by atoms with van der Waals surface area (Å²) in [4.78, 5) is 0.268. The topological polar surface area (TPSA) is 55.4 Å². The fourth-order valence-corrected chi connectivity index (χ4v) is 3.99. The molecule has 130 valence electrons. The van der Waals surface area contributed by atoms with Crippen molar-refractivity contribution >= 4 is 20.8 Å². The van der Waals surface area contributed by atoms with Crippen molar-refractivity contribution in [2.24, 2.45) is 0 Å². The Labute approximate surface area is 148 Å². The molecule has 4 nitrogen and oxygen atoms in total. The van der Waals surface area contributed by atoms with E-state index in [0.717, 1.165) is 22.1 Å². The summed E-state index contributed by atoms with van der Waals surface area (Å²) in [5.74, 6) is 0.774. The summed E-state index contributed by atoms with van der Waals surface area (Å²) in [5, 5.41) is 1.92. The third-order valence-electron chi connectivity index (χ3n) is 4.05. The second-order valence-electron chi connectivity index (χ2n) is 5.85. The average Bonchev–Trinajstić information content (AvgIpc) is 2.62. The molecule has 0 aliphatic carbocycles. The van der Waals surface area contributed by atoms with Crippen molar-refractivity contribution in [3.05, 3.63) is 72.3 Å². The zero-order chi connectivity index (χ0) is 17.9. The number of fused-ring (bicyclic) bond motifs is 1. The molecule has 0 radical (unpaired) electrons. The van der Waals surface area contributed by atoms with Crippen LogP contribution in [0.4, 0.5) is 0 Å². The molecule has 0 aromatic heterocycles. The molecule has 1 N–H and O–H groups in total. The smallest absolute Gasteiger partial charge is 0.241 e. The van der Waals surface area contributed by atoms with E-state index >= 15 is 0 Å². The highest BCUT2D eigenvalue weighted by molar-refractivity contribution is 7.89. The summed E-state index contributed by atoms with van der Waals surface area (Å²) in [5.41, 5.74) is 0.882. The van der Waals surface area contributed by atoms with E-state index in [2.05, 4.69) is 4.72 Å². The van der Waals surface area contributed by atoms with Crippen LogP contribution in [0, 0.1) is 0 Å². The molecule has 0 aliphatic rings. The van der Waals surface area contributed by atoms with Crippen LogP contribution in [0.3, 0.4) is 0 Å². The highest BCUT2D eigenvalue weighted by Crippen LogP contribution is 2.22. The molecule has 1 atom stereocenters. The van der Waals surface area contributed by atoms with Crippen LogP contribution < -0.4 is 9.46 Å². The minimum Gasteiger partial charge on any atom is -0.494 e. The molecule has 0 bridgehead atoms. The minimum atomic E-state index is -3.60. The van der Waals surface area contributed by atoms with Gasteiger partial charge in [-0.25, -0.2) is 13.1 Å². The van der Waals surface area contributed by atoms with Gasteiger partial charge in [-0.1, -0.05) is 42.5 Å². The largest absolute Gasteiger partial charge is 0.494 e. The molecule has 0 heterocycles. The van der Waals surface area contributed by atoms with Gasteiger partial charge in [0, 0.05) is 6.04 Å². The molecule has 0 spiro atoms. The molecule has 1 unspecified atom stereocenters. The Morgan fingerprint density at radius 3 is 2.32 bits per heavy atom. The first kappa shape index (κ1) is 17.5. The van der Waals surface area contributed by atoms with Gasteiger partial charge in [-0.15, -0.1) is 0 Å². The van der Waals surface area contributed by atoms with E-state index in [1.807, 2.05) is 68.4 Å². The molecule has 0 saturated carbocycles. The highest BCUT2D eigenvalue weighted by Gasteiger charge is 2.18. The van der Waals surface area contributed by atoms with E-state index in [4.69, 9.17) is 4.74 Å². The predicted octanol–water partition coefficient (Wildman–Crippen LogP) is 4.28. The number of benzene rings is 3. The number of ether oxygens (including phenoxy) is 1. The van der Waals surface area contributed by atoms with Gasteiger partial charge < -0.3 is 4.74 Å². The summed E-state index contributed by atoms with van der Waals surface area (Å²) in [6.07, 6.45) is 0. The Balaban J connectivity index is 1.81. The van der Waals surface area contributed by atoms with Gasteiger partial charge >= 0.3 is 0 Å². The van der Waals surface area contributed by atoms with E-state index in [9.17, 15) is 8.42 Å². The van der Waals surface area contributed by atoms with Gasteiger partial charge in [-0.3, -0.25) is 0 Å². The molecule has 3 aromatic carbocycles. The molecule has 5 heteroatoms. The van der Waals surface area contributed by atoms with Crippen LogP contribution in [-0.2, 0) is 10.0 Å². The normalized spacial score (nSPS) is 12.9. The fraction of sp³-hybridized carbons (Fsp3) is 0.200. The molecule has 3 rings (SSSR count). The summed E-state index contributed by atoms with van der Waals surface area (Å²) in [6.45, 7) is 4.35. The van der Waals surface area contributed by atoms with Gasteiger partial charge in [-0.2, -0.15) is 0 Å². The van der Waals surface area contributed by atoms with Crippen molar-refractivity contribution in [1.82, 2.24) is 4.72 Å². The standard InChI is InChI=1S/C20H21NO3S/c1-3-24-19-11-8-16(9-12-19)15(2)21-25(22,23)20-13-10-17-6-4-5-7-18(17)14-20/h4-15,21H,3H2,1-2H3. The molecular weight excluding hydrogens is 334 g/mol. The molecule has 0 aliphatic heterocycles. The lowest BCUT2D eigenvalue weighted by molar-refractivity contribution is 0.340. The van der Waals surface area contributed by atoms with E-state index in [0.29, 0.717) is 6.61 Å². The van der Waals surface area contributed by atoms with Crippen molar-refractivity contribution in [1.29, 1.82) is 0 Å². The monoisotopic (exact) mass is 355 g/mol. The number of sulfonamides is 1. The van der Waals surface area contributed by atoms with Gasteiger partial charge in [0.1, 0.15) is 5.75 Å². The first-order valence-electron chi connectivity index (χ1n) is 8.23. The van der Waals surface area contributed by atoms with E-state index in [1.54, 1.807) is 12.1 Å². The average molecular weight is 355 g/mol. The zero-order valence-electron chi connectivity index (χ0n) is 14.3. The second-order valence-corrected chi connectivity index (χ2v) is 7.57. The van der Waals surface area contributed by atoms with Crippen molar-refractivity contribution in [2.75, 3.05) is 6.61 Å². The zero-order valence-corrected chi connectivity index (χ0v) is 15.1. The number of nitrogens with one attached hydrogen (secondary N) is 1. The fourth-order valence-electron chi connectivity index (χ4n) is 2.72. The first-order chi connectivity index (χ1) is 12.0. The Morgan fingerprint density at radius 1 is 0.960 bits per heavy atom. The van der Waals surface area contributed by atoms with Crippen LogP contribution in [0.1, 0.15) is 25.5 Å². The van der Waals surface area contributed by atoms with Gasteiger partial charge in [0.15, 0.2) is 0 Å². The van der Waals surface area contributed by atoms with Crippen molar-refractivity contribution in [2.45, 2.75) is 24.8 Å². The van der Waals surface area contributed by atoms with Gasteiger partial charge in [0.25, 0.3) is 0 Å². The summed E-state index contributed by atoms with van der Waals surface area (Å²) in [7, 11) is -3.60. The second kappa shape index (κ2) is 7.25. The summed E-state index contributed by atoms with van der Waals surface area (Å²) < 4.78 is 33.5. The maximum atomic E-state index is 12.7. The Morgan fingerprint density at radius 2 is 1.64 bits per heavy atom. The Kier molecular flexibility index (Phi) is 5.06. The van der Waals surface area contributed by atoms with Crippen LogP contribution in [-0.4, -0.2) is 15.0 Å². The van der Waals surface area contributed by atoms with E-state index in [1.165, 1.54) is 0 Å². The lowest BCUT2D eigenvalue weighted by Gasteiger charge is -2.15. The predicted molar refractivity (Wildman–Crippen MR) is 100 cm³/mol. The number of hydrogen-bond acceptors (Lipinski definition) is 3. The summed E-state index contributed by atoms with van der Waals surface area (Å²) >= 11 is 0. The molecular formula is C20H21NO3S. The highest BCUT2D eigenvalue weighted by atomic mass is 32.2. The SMILES string of the molecule is CCOc1ccc(C(C)NS(=O)(=O)c2ccc3ccccc3c2)cc1. The maximum Gasteiger partial charge on any atom is 0.241 e. The molecule has 0 saturated heterocycles. The van der Waals surface area contributed by atoms with Gasteiger partial charge in [0.05, 0.1) is 11.5 Å². The lowest BCUT2D eigenvalue weighted by Crippen LogP contribution is -2.26. The molecule has 25 heavy (non-hydrogen) atoms. The van der Waals surface area contributed by atoms with E-state index < -0.39 is 10.0 Å². The third kappa shape index (κ3) is 4.00. The maximum absolute atomic E-state index is 12.7. The lowest BCUT2D eigenvalue weighted by atomic mass is 10.1. The van der Waals surface area contributed by atoms with Crippen molar-refractivity contribution in [3.63, 3.8) is 0 Å². The summed E-state index contributed by atoms with van der Waals surface area (Å²) in [6, 6.07) is 20.0. The minimum absolute atomic E-state index is 0.268. The molecule has 0 amide bonds. The van der Waals surface area contributed by atoms with Crippen LogP contribution in [0.2, 0.25) is 0 Å². The van der Waals surface area contributed by atoms with Crippen molar-refractivity contribution in [3.8, 4) is 5.75 Å². The van der Waals surface area contributed by atoms with Gasteiger partial charge in [0.2, 0.25) is 10.0 Å². The van der Waals surface area contributed by atoms with Crippen LogP contribution in [0.25, 0.3) is 10.8 Å². The number of rotatable bonds is 6. The van der Waals surface area contributed by atoms with Crippen LogP contribution >= 0.6 is 0 Å². The number of hydrogen-bond donors (Lipinski definition) is 1. The third-order valence-corrected chi connectivity index (χ3v) is 5.59. The Hall–Kier alpha value is -2.37. The quantitative estimate of drug-likeness (QED) is 0.718. The molecule has 3 aromatic rings. The Bertz CT molecular complexity index is 966. The van der Waals surface area contributed by atoms with Crippen LogP contribution in [0.15, 0.2) is 71.6 Å². The van der Waals surface area contributed by atoms with Crippen molar-refractivity contribution < 1.29 is 13.2 Å².